The lowest BCUT2D eigenvalue weighted by atomic mass is 10.0. The van der Waals surface area contributed by atoms with E-state index in [0.29, 0.717) is 5.41 Å². The zero-order valence-corrected chi connectivity index (χ0v) is 10.0. The smallest absolute Gasteiger partial charge is 0.0120 e. The molecule has 82 valence electrons. The number of hydrogen-bond acceptors (Lipinski definition) is 0. The van der Waals surface area contributed by atoms with Crippen molar-refractivity contribution in [3.05, 3.63) is 12.2 Å². The van der Waals surface area contributed by atoms with Gasteiger partial charge in [-0.15, -0.1) is 0 Å². The summed E-state index contributed by atoms with van der Waals surface area (Å²) < 4.78 is 0. The molecule has 0 amide bonds. The highest BCUT2D eigenvalue weighted by Crippen LogP contribution is 2.49. The molecule has 0 atom stereocenters. The molecule has 0 radical (unpaired) electrons. The third kappa shape index (κ3) is 4.30. The molecule has 0 aliphatic heterocycles. The molecule has 0 aromatic heterocycles. The molecule has 0 heterocycles. The van der Waals surface area contributed by atoms with E-state index in [4.69, 9.17) is 0 Å². The molecule has 1 saturated carbocycles. The van der Waals surface area contributed by atoms with Crippen LogP contribution in [0.15, 0.2) is 12.2 Å². The highest BCUT2D eigenvalue weighted by molar-refractivity contribution is 5.08. The van der Waals surface area contributed by atoms with Gasteiger partial charge in [-0.3, -0.25) is 0 Å². The highest BCUT2D eigenvalue weighted by atomic mass is 14.4. The van der Waals surface area contributed by atoms with Gasteiger partial charge in [-0.2, -0.15) is 0 Å². The first-order chi connectivity index (χ1) is 6.83. The zero-order chi connectivity index (χ0) is 10.3. The molecule has 0 unspecified atom stereocenters. The van der Waals surface area contributed by atoms with Crippen LogP contribution >= 0.6 is 0 Å². The number of hydrogen-bond donors (Lipinski definition) is 0. The van der Waals surface area contributed by atoms with E-state index < -0.39 is 0 Å². The van der Waals surface area contributed by atoms with Crippen LogP contribution in [0.3, 0.4) is 0 Å². The predicted molar refractivity (Wildman–Crippen MR) is 64.5 cm³/mol. The van der Waals surface area contributed by atoms with Gasteiger partial charge in [0.25, 0.3) is 0 Å². The van der Waals surface area contributed by atoms with Crippen molar-refractivity contribution in [2.24, 2.45) is 5.41 Å². The van der Waals surface area contributed by atoms with Gasteiger partial charge in [-0.25, -0.2) is 0 Å². The molecule has 0 saturated heterocycles. The van der Waals surface area contributed by atoms with Gasteiger partial charge >= 0.3 is 0 Å². The van der Waals surface area contributed by atoms with Crippen LogP contribution in [-0.4, -0.2) is 0 Å². The van der Waals surface area contributed by atoms with Gasteiger partial charge in [0.2, 0.25) is 0 Å². The molecule has 1 rings (SSSR count). The quantitative estimate of drug-likeness (QED) is 0.373. The molecule has 0 aromatic carbocycles. The fourth-order valence-corrected chi connectivity index (χ4v) is 2.00. The Morgan fingerprint density at radius 1 is 1.00 bits per heavy atom. The first kappa shape index (κ1) is 11.8. The maximum Gasteiger partial charge on any atom is -0.0120 e. The molecule has 0 heteroatoms. The minimum atomic E-state index is 0.656. The van der Waals surface area contributed by atoms with Crippen LogP contribution in [0.5, 0.6) is 0 Å². The van der Waals surface area contributed by atoms with Crippen LogP contribution in [0, 0.1) is 5.41 Å². The lowest BCUT2D eigenvalue weighted by Crippen LogP contribution is -1.90. The molecule has 0 N–H and O–H groups in total. The van der Waals surface area contributed by atoms with Gasteiger partial charge in [0.05, 0.1) is 0 Å². The molecule has 14 heavy (non-hydrogen) atoms. The summed E-state index contributed by atoms with van der Waals surface area (Å²) in [6, 6.07) is 0. The highest BCUT2D eigenvalue weighted by Gasteiger charge is 2.37. The standard InChI is InChI=1S/C14H26/c1-3-5-6-7-8-9-10-11-14(4-2)12-13-14/h10-11H,3-9,12-13H2,1-2H3/b11-10+. The lowest BCUT2D eigenvalue weighted by Gasteiger charge is -2.03. The molecule has 0 aromatic rings. The van der Waals surface area contributed by atoms with Gasteiger partial charge in [-0.1, -0.05) is 51.7 Å². The molecule has 0 bridgehead atoms. The second-order valence-electron chi connectivity index (χ2n) is 4.82. The van der Waals surface area contributed by atoms with Crippen molar-refractivity contribution in [2.75, 3.05) is 0 Å². The van der Waals surface area contributed by atoms with Crippen molar-refractivity contribution in [1.82, 2.24) is 0 Å². The molecule has 0 spiro atoms. The van der Waals surface area contributed by atoms with Gasteiger partial charge in [0.15, 0.2) is 0 Å². The monoisotopic (exact) mass is 194 g/mol. The molecular formula is C14H26. The molecule has 1 aliphatic rings. The Morgan fingerprint density at radius 2 is 1.71 bits per heavy atom. The van der Waals surface area contributed by atoms with Gasteiger partial charge in [0, 0.05) is 0 Å². The third-order valence-corrected chi connectivity index (χ3v) is 3.54. The van der Waals surface area contributed by atoms with Gasteiger partial charge < -0.3 is 0 Å². The summed E-state index contributed by atoms with van der Waals surface area (Å²) in [5.41, 5.74) is 0.656. The summed E-state index contributed by atoms with van der Waals surface area (Å²) in [7, 11) is 0. The normalized spacial score (nSPS) is 19.0. The summed E-state index contributed by atoms with van der Waals surface area (Å²) in [6.07, 6.45) is 17.5. The minimum absolute atomic E-state index is 0.656. The van der Waals surface area contributed by atoms with E-state index in [1.807, 2.05) is 0 Å². The summed E-state index contributed by atoms with van der Waals surface area (Å²) in [5, 5.41) is 0. The Hall–Kier alpha value is -0.260. The minimum Gasteiger partial charge on any atom is -0.0880 e. The first-order valence-electron chi connectivity index (χ1n) is 6.51. The van der Waals surface area contributed by atoms with Crippen LogP contribution in [0.25, 0.3) is 0 Å². The summed E-state index contributed by atoms with van der Waals surface area (Å²) in [4.78, 5) is 0. The van der Waals surface area contributed by atoms with Crippen LogP contribution in [0.2, 0.25) is 0 Å². The van der Waals surface area contributed by atoms with Crippen LogP contribution in [-0.2, 0) is 0 Å². The number of allylic oxidation sites excluding steroid dienone is 2. The van der Waals surface area contributed by atoms with E-state index in [2.05, 4.69) is 26.0 Å². The van der Waals surface area contributed by atoms with Gasteiger partial charge in [-0.05, 0) is 37.5 Å². The van der Waals surface area contributed by atoms with E-state index in [0.717, 1.165) is 0 Å². The van der Waals surface area contributed by atoms with Crippen LogP contribution in [0.4, 0.5) is 0 Å². The van der Waals surface area contributed by atoms with Crippen molar-refractivity contribution in [3.63, 3.8) is 0 Å². The van der Waals surface area contributed by atoms with Crippen molar-refractivity contribution < 1.29 is 0 Å². The molecule has 1 aliphatic carbocycles. The Balaban J connectivity index is 1.93. The maximum atomic E-state index is 2.49. The van der Waals surface area contributed by atoms with Crippen molar-refractivity contribution in [3.8, 4) is 0 Å². The molecular weight excluding hydrogens is 168 g/mol. The SMILES string of the molecule is CCCCCCC/C=C/C1(CC)CC1. The van der Waals surface area contributed by atoms with E-state index >= 15 is 0 Å². The van der Waals surface area contributed by atoms with E-state index in [1.54, 1.807) is 0 Å². The Morgan fingerprint density at radius 3 is 2.29 bits per heavy atom. The van der Waals surface area contributed by atoms with Crippen molar-refractivity contribution in [1.29, 1.82) is 0 Å². The second-order valence-corrected chi connectivity index (χ2v) is 4.82. The Bertz CT molecular complexity index is 163. The van der Waals surface area contributed by atoms with Crippen molar-refractivity contribution in [2.45, 2.75) is 71.6 Å². The van der Waals surface area contributed by atoms with Crippen molar-refractivity contribution >= 4 is 0 Å². The Labute approximate surface area is 89.8 Å². The summed E-state index contributed by atoms with van der Waals surface area (Å²) in [6.45, 7) is 4.59. The van der Waals surface area contributed by atoms with Crippen LogP contribution < -0.4 is 0 Å². The predicted octanol–water partition coefficient (Wildman–Crippen LogP) is 5.09. The fourth-order valence-electron chi connectivity index (χ4n) is 2.00. The largest absolute Gasteiger partial charge is 0.0880 e. The third-order valence-electron chi connectivity index (χ3n) is 3.54. The first-order valence-corrected chi connectivity index (χ1v) is 6.51. The summed E-state index contributed by atoms with van der Waals surface area (Å²) in [5.74, 6) is 0. The Kier molecular flexibility index (Phi) is 5.29. The molecule has 0 nitrogen and oxygen atoms in total. The second kappa shape index (κ2) is 6.27. The van der Waals surface area contributed by atoms with E-state index in [9.17, 15) is 0 Å². The lowest BCUT2D eigenvalue weighted by molar-refractivity contribution is 0.613. The molecule has 1 fully saturated rings. The fraction of sp³-hybridized carbons (Fsp3) is 0.857. The average molecular weight is 194 g/mol. The maximum absolute atomic E-state index is 2.49. The average Bonchev–Trinajstić information content (AvgIpc) is 2.98. The van der Waals surface area contributed by atoms with E-state index in [1.165, 1.54) is 57.8 Å². The van der Waals surface area contributed by atoms with Gasteiger partial charge in [0.1, 0.15) is 0 Å². The van der Waals surface area contributed by atoms with E-state index in [-0.39, 0.29) is 0 Å². The zero-order valence-electron chi connectivity index (χ0n) is 10.0. The number of rotatable bonds is 8. The topological polar surface area (TPSA) is 0 Å². The van der Waals surface area contributed by atoms with Crippen LogP contribution in [0.1, 0.15) is 71.6 Å². The number of unbranched alkanes of at least 4 members (excludes halogenated alkanes) is 5. The summed E-state index contributed by atoms with van der Waals surface area (Å²) >= 11 is 0.